The summed E-state index contributed by atoms with van der Waals surface area (Å²) < 4.78 is 9.95. The van der Waals surface area contributed by atoms with Gasteiger partial charge < -0.3 is 4.74 Å². The van der Waals surface area contributed by atoms with Crippen molar-refractivity contribution in [2.24, 2.45) is 0 Å². The van der Waals surface area contributed by atoms with Gasteiger partial charge in [0, 0.05) is 26.1 Å². The van der Waals surface area contributed by atoms with Crippen molar-refractivity contribution in [1.29, 1.82) is 0 Å². The number of hydrogen-bond donors (Lipinski definition) is 1. The Kier molecular flexibility index (Phi) is 6.32. The van der Waals surface area contributed by atoms with Crippen molar-refractivity contribution in [3.63, 3.8) is 0 Å². The molecule has 0 saturated heterocycles. The van der Waals surface area contributed by atoms with Gasteiger partial charge in [-0.1, -0.05) is 36.4 Å². The van der Waals surface area contributed by atoms with E-state index in [1.807, 2.05) is 0 Å². The molecule has 0 N–H and O–H groups in total. The van der Waals surface area contributed by atoms with E-state index in [4.69, 9.17) is 4.74 Å². The summed E-state index contributed by atoms with van der Waals surface area (Å²) in [6, 6.07) is 30.7. The molecule has 4 aromatic carbocycles. The van der Waals surface area contributed by atoms with Gasteiger partial charge in [-0.25, -0.2) is 0 Å². The van der Waals surface area contributed by atoms with Gasteiger partial charge in [-0.15, -0.1) is 0 Å². The van der Waals surface area contributed by atoms with Crippen molar-refractivity contribution in [3.8, 4) is 16.9 Å². The standard InChI is InChI=1S/C25H17I3OS/c26-21-13-14-22(27)25(28)20(21)15-29-16-9-11-17(12-10-16)30-23-7-3-1-5-18(23)19-6-2-4-8-24(19)30/h1-14,30H,15H2. The van der Waals surface area contributed by atoms with E-state index in [1.54, 1.807) is 0 Å². The Morgan fingerprint density at radius 2 is 1.20 bits per heavy atom. The third-order valence-corrected chi connectivity index (χ3v) is 11.9. The quantitative estimate of drug-likeness (QED) is 0.110. The lowest BCUT2D eigenvalue weighted by molar-refractivity contribution is 0.304. The van der Waals surface area contributed by atoms with Gasteiger partial charge in [0.05, 0.1) is 0 Å². The third kappa shape index (κ3) is 3.91. The molecular weight excluding hydrogens is 729 g/mol. The Hall–Kier alpha value is -0.780. The molecule has 4 aromatic rings. The molecule has 0 bridgehead atoms. The fourth-order valence-corrected chi connectivity index (χ4v) is 8.61. The lowest BCUT2D eigenvalue weighted by Gasteiger charge is -2.19. The predicted molar refractivity (Wildman–Crippen MR) is 151 cm³/mol. The minimum atomic E-state index is -0.511. The van der Waals surface area contributed by atoms with E-state index in [1.165, 1.54) is 42.1 Å². The lowest BCUT2D eigenvalue weighted by Crippen LogP contribution is -2.02. The molecule has 1 aliphatic rings. The number of halogens is 3. The molecule has 30 heavy (non-hydrogen) atoms. The molecule has 0 saturated carbocycles. The number of ether oxygens (including phenoxy) is 1. The van der Waals surface area contributed by atoms with E-state index in [9.17, 15) is 0 Å². The molecule has 1 nitrogen and oxygen atoms in total. The topological polar surface area (TPSA) is 9.23 Å². The summed E-state index contributed by atoms with van der Waals surface area (Å²) in [6.07, 6.45) is 0. The van der Waals surface area contributed by atoms with Crippen LogP contribution in [0.5, 0.6) is 5.75 Å². The van der Waals surface area contributed by atoms with E-state index in [0.717, 1.165) is 5.75 Å². The summed E-state index contributed by atoms with van der Waals surface area (Å²) in [6.45, 7) is 0.590. The van der Waals surface area contributed by atoms with Crippen LogP contribution in [0.15, 0.2) is 99.6 Å². The predicted octanol–water partition coefficient (Wildman–Crippen LogP) is 8.54. The highest BCUT2D eigenvalue weighted by molar-refractivity contribution is 14.1. The minimum Gasteiger partial charge on any atom is -0.489 e. The van der Waals surface area contributed by atoms with E-state index in [0.29, 0.717) is 6.61 Å². The Balaban J connectivity index is 1.42. The Morgan fingerprint density at radius 1 is 0.633 bits per heavy atom. The van der Waals surface area contributed by atoms with Gasteiger partial charge in [-0.3, -0.25) is 0 Å². The molecule has 0 unspecified atom stereocenters. The Morgan fingerprint density at radius 3 is 1.83 bits per heavy atom. The highest BCUT2D eigenvalue weighted by Crippen LogP contribution is 2.62. The largest absolute Gasteiger partial charge is 0.489 e. The molecule has 5 rings (SSSR count). The van der Waals surface area contributed by atoms with Crippen LogP contribution in [0.3, 0.4) is 0 Å². The third-order valence-electron chi connectivity index (χ3n) is 5.20. The van der Waals surface area contributed by atoms with Gasteiger partial charge in [0.1, 0.15) is 12.4 Å². The summed E-state index contributed by atoms with van der Waals surface area (Å²) in [5.74, 6) is 0.917. The Labute approximate surface area is 220 Å². The summed E-state index contributed by atoms with van der Waals surface area (Å²) >= 11 is 7.19. The molecule has 0 fully saturated rings. The highest BCUT2D eigenvalue weighted by Gasteiger charge is 2.26. The van der Waals surface area contributed by atoms with Crippen molar-refractivity contribution < 1.29 is 4.74 Å². The zero-order valence-corrected chi connectivity index (χ0v) is 23.1. The molecule has 0 atom stereocenters. The van der Waals surface area contributed by atoms with Crippen molar-refractivity contribution in [2.75, 3.05) is 0 Å². The Bertz CT molecular complexity index is 1190. The summed E-state index contributed by atoms with van der Waals surface area (Å²) in [7, 11) is -0.511. The average Bonchev–Trinajstić information content (AvgIpc) is 3.11. The molecule has 0 aromatic heterocycles. The second-order valence-electron chi connectivity index (χ2n) is 6.97. The van der Waals surface area contributed by atoms with E-state index < -0.39 is 10.9 Å². The number of thiol groups is 1. The number of hydrogen-bond acceptors (Lipinski definition) is 1. The second-order valence-corrected chi connectivity index (χ2v) is 12.5. The molecule has 5 heteroatoms. The molecule has 0 spiro atoms. The van der Waals surface area contributed by atoms with Gasteiger partial charge in [-0.05, 0) is 132 Å². The monoisotopic (exact) mass is 746 g/mol. The van der Waals surface area contributed by atoms with Crippen molar-refractivity contribution in [1.82, 2.24) is 0 Å². The lowest BCUT2D eigenvalue weighted by atomic mass is 10.1. The van der Waals surface area contributed by atoms with Crippen LogP contribution >= 0.6 is 78.7 Å². The maximum absolute atomic E-state index is 6.16. The smallest absolute Gasteiger partial charge is 0.119 e. The fourth-order valence-electron chi connectivity index (χ4n) is 3.75. The summed E-state index contributed by atoms with van der Waals surface area (Å²) in [4.78, 5) is 4.27. The van der Waals surface area contributed by atoms with E-state index in [-0.39, 0.29) is 0 Å². The highest BCUT2D eigenvalue weighted by atomic mass is 127. The van der Waals surface area contributed by atoms with Crippen LogP contribution in [0.2, 0.25) is 0 Å². The first-order valence-electron chi connectivity index (χ1n) is 9.47. The molecule has 150 valence electrons. The maximum Gasteiger partial charge on any atom is 0.119 e. The molecular formula is C25H17I3OS. The normalized spacial score (nSPS) is 13.1. The van der Waals surface area contributed by atoms with Gasteiger partial charge in [0.2, 0.25) is 0 Å². The maximum atomic E-state index is 6.16. The van der Waals surface area contributed by atoms with Crippen LogP contribution in [0, 0.1) is 10.7 Å². The number of fused-ring (bicyclic) bond motifs is 3. The van der Waals surface area contributed by atoms with Crippen LogP contribution in [0.1, 0.15) is 5.56 Å². The molecule has 0 radical (unpaired) electrons. The van der Waals surface area contributed by atoms with Gasteiger partial charge in [0.25, 0.3) is 0 Å². The second kappa shape index (κ2) is 8.99. The number of benzene rings is 4. The first-order valence-corrected chi connectivity index (χ1v) is 14.0. The van der Waals surface area contributed by atoms with Crippen LogP contribution < -0.4 is 4.74 Å². The SMILES string of the molecule is Ic1ccc(I)c(COc2ccc([SH]3c4ccccc4-c4ccccc43)cc2)c1I. The first kappa shape index (κ1) is 21.1. The van der Waals surface area contributed by atoms with Crippen molar-refractivity contribution in [2.45, 2.75) is 21.3 Å². The minimum absolute atomic E-state index is 0.511. The van der Waals surface area contributed by atoms with Crippen molar-refractivity contribution >= 4 is 78.7 Å². The first-order chi connectivity index (χ1) is 14.6. The van der Waals surface area contributed by atoms with Crippen LogP contribution in [0.25, 0.3) is 11.1 Å². The zero-order chi connectivity index (χ0) is 20.7. The van der Waals surface area contributed by atoms with E-state index in [2.05, 4.69) is 153 Å². The van der Waals surface area contributed by atoms with Gasteiger partial charge in [-0.2, -0.15) is 10.9 Å². The van der Waals surface area contributed by atoms with Crippen LogP contribution in [-0.4, -0.2) is 0 Å². The van der Waals surface area contributed by atoms with Gasteiger partial charge >= 0.3 is 0 Å². The summed E-state index contributed by atoms with van der Waals surface area (Å²) in [5.41, 5.74) is 4.01. The number of rotatable bonds is 4. The molecule has 1 heterocycles. The summed E-state index contributed by atoms with van der Waals surface area (Å²) in [5, 5.41) is 0. The van der Waals surface area contributed by atoms with Gasteiger partial charge in [0.15, 0.2) is 0 Å². The van der Waals surface area contributed by atoms with E-state index >= 15 is 0 Å². The molecule has 0 aliphatic carbocycles. The van der Waals surface area contributed by atoms with Crippen LogP contribution in [0.4, 0.5) is 0 Å². The molecule has 1 aliphatic heterocycles. The van der Waals surface area contributed by atoms with Crippen LogP contribution in [-0.2, 0) is 6.61 Å². The average molecular weight is 746 g/mol. The van der Waals surface area contributed by atoms with Crippen molar-refractivity contribution in [3.05, 3.63) is 101 Å². The zero-order valence-electron chi connectivity index (χ0n) is 15.8. The fraction of sp³-hybridized carbons (Fsp3) is 0.0400. The molecule has 0 amide bonds.